The van der Waals surface area contributed by atoms with E-state index >= 15 is 0 Å². The third-order valence-corrected chi connectivity index (χ3v) is 5.65. The molecular formula is C23H18FN3O3S. The van der Waals surface area contributed by atoms with Crippen LogP contribution in [-0.4, -0.2) is 16.8 Å². The Kier molecular flexibility index (Phi) is 5.90. The van der Waals surface area contributed by atoms with Crippen LogP contribution in [0.1, 0.15) is 21.1 Å². The zero-order valence-electron chi connectivity index (χ0n) is 16.5. The topological polar surface area (TPSA) is 84.2 Å². The molecule has 0 aliphatic rings. The van der Waals surface area contributed by atoms with Crippen molar-refractivity contribution in [3.05, 3.63) is 88.9 Å². The van der Waals surface area contributed by atoms with Crippen LogP contribution < -0.4 is 10.9 Å². The van der Waals surface area contributed by atoms with Gasteiger partial charge in [0, 0.05) is 10.4 Å². The number of halogens is 1. The summed E-state index contributed by atoms with van der Waals surface area (Å²) in [4.78, 5) is 30.2. The smallest absolute Gasteiger partial charge is 0.279 e. The Balaban J connectivity index is 1.34. The Morgan fingerprint density at radius 3 is 2.45 bits per heavy atom. The lowest BCUT2D eigenvalue weighted by Crippen LogP contribution is -2.42. The average Bonchev–Trinajstić information content (AvgIpc) is 3.41. The summed E-state index contributed by atoms with van der Waals surface area (Å²) in [7, 11) is 0. The summed E-state index contributed by atoms with van der Waals surface area (Å²) in [6.07, 6.45) is -0.0340. The van der Waals surface area contributed by atoms with E-state index in [2.05, 4.69) is 15.8 Å². The maximum Gasteiger partial charge on any atom is 0.279 e. The van der Waals surface area contributed by atoms with Crippen molar-refractivity contribution in [1.29, 1.82) is 0 Å². The van der Waals surface area contributed by atoms with Gasteiger partial charge in [-0.2, -0.15) is 0 Å². The van der Waals surface area contributed by atoms with Gasteiger partial charge in [-0.25, -0.2) is 9.37 Å². The molecule has 0 saturated carbocycles. The molecule has 2 aromatic heterocycles. The van der Waals surface area contributed by atoms with Gasteiger partial charge in [-0.05, 0) is 48.9 Å². The molecular weight excluding hydrogens is 417 g/mol. The number of nitrogens with zero attached hydrogens (tertiary/aromatic N) is 1. The van der Waals surface area contributed by atoms with Crippen LogP contribution in [0.4, 0.5) is 4.39 Å². The van der Waals surface area contributed by atoms with Crippen molar-refractivity contribution in [2.45, 2.75) is 13.3 Å². The fourth-order valence-electron chi connectivity index (χ4n) is 2.91. The van der Waals surface area contributed by atoms with Crippen LogP contribution in [0.15, 0.2) is 71.1 Å². The van der Waals surface area contributed by atoms with E-state index in [0.717, 1.165) is 16.0 Å². The molecule has 0 fully saturated rings. The predicted molar refractivity (Wildman–Crippen MR) is 116 cm³/mol. The van der Waals surface area contributed by atoms with Gasteiger partial charge in [-0.15, -0.1) is 11.3 Å². The highest BCUT2D eigenvalue weighted by atomic mass is 32.1. The quantitative estimate of drug-likeness (QED) is 0.452. The van der Waals surface area contributed by atoms with Gasteiger partial charge in [0.05, 0.1) is 17.0 Å². The first-order valence-electron chi connectivity index (χ1n) is 9.46. The van der Waals surface area contributed by atoms with Crippen molar-refractivity contribution in [1.82, 2.24) is 15.8 Å². The zero-order valence-corrected chi connectivity index (χ0v) is 17.3. The monoisotopic (exact) mass is 435 g/mol. The van der Waals surface area contributed by atoms with Crippen molar-refractivity contribution < 1.29 is 18.4 Å². The average molecular weight is 435 g/mol. The number of carbonyl (C=O) groups is 2. The normalized spacial score (nSPS) is 10.6. The Morgan fingerprint density at radius 2 is 1.71 bits per heavy atom. The van der Waals surface area contributed by atoms with Crippen LogP contribution in [-0.2, 0) is 11.2 Å². The number of hydrazine groups is 1. The number of thiophene rings is 1. The first-order chi connectivity index (χ1) is 15.0. The highest BCUT2D eigenvalue weighted by Gasteiger charge is 2.16. The van der Waals surface area contributed by atoms with E-state index in [1.54, 1.807) is 31.2 Å². The molecule has 4 aromatic rings. The van der Waals surface area contributed by atoms with Crippen LogP contribution in [0.5, 0.6) is 0 Å². The van der Waals surface area contributed by atoms with Gasteiger partial charge in [0.2, 0.25) is 11.8 Å². The third kappa shape index (κ3) is 4.87. The number of carbonyl (C=O) groups excluding carboxylic acids is 2. The van der Waals surface area contributed by atoms with Crippen LogP contribution in [0.25, 0.3) is 21.9 Å². The van der Waals surface area contributed by atoms with E-state index in [1.807, 2.05) is 30.3 Å². The second kappa shape index (κ2) is 8.93. The maximum atomic E-state index is 13.1. The Morgan fingerprint density at radius 1 is 0.968 bits per heavy atom. The fourth-order valence-corrected chi connectivity index (χ4v) is 3.82. The van der Waals surface area contributed by atoms with Crippen LogP contribution in [0, 0.1) is 12.7 Å². The standard InChI is InChI=1S/C23H18FN3O3S/c1-14-18(25-23(30-14)16-5-3-2-4-6-16)13-21(28)26-27-22(29)20-12-11-19(31-20)15-7-9-17(24)10-8-15/h2-12H,13H2,1H3,(H,26,28)(H,27,29). The van der Waals surface area contributed by atoms with Gasteiger partial charge in [0.1, 0.15) is 11.6 Å². The lowest BCUT2D eigenvalue weighted by atomic mass is 10.2. The van der Waals surface area contributed by atoms with Gasteiger partial charge in [-0.3, -0.25) is 20.4 Å². The minimum atomic E-state index is -0.437. The SMILES string of the molecule is Cc1oc(-c2ccccc2)nc1CC(=O)NNC(=O)c1ccc(-c2ccc(F)cc2)s1. The summed E-state index contributed by atoms with van der Waals surface area (Å²) in [5, 5.41) is 0. The lowest BCUT2D eigenvalue weighted by Gasteiger charge is -2.05. The first kappa shape index (κ1) is 20.5. The van der Waals surface area contributed by atoms with Crippen molar-refractivity contribution >= 4 is 23.2 Å². The number of hydrogen-bond donors (Lipinski definition) is 2. The van der Waals surface area contributed by atoms with E-state index in [9.17, 15) is 14.0 Å². The molecule has 0 aliphatic carbocycles. The number of hydrogen-bond acceptors (Lipinski definition) is 5. The minimum Gasteiger partial charge on any atom is -0.441 e. The van der Waals surface area contributed by atoms with Crippen LogP contribution in [0.2, 0.25) is 0 Å². The molecule has 6 nitrogen and oxygen atoms in total. The Labute approximate surface area is 181 Å². The van der Waals surface area contributed by atoms with Gasteiger partial charge in [0.15, 0.2) is 0 Å². The molecule has 0 bridgehead atoms. The number of rotatable bonds is 5. The molecule has 0 atom stereocenters. The number of nitrogens with one attached hydrogen (secondary N) is 2. The molecule has 31 heavy (non-hydrogen) atoms. The highest BCUT2D eigenvalue weighted by Crippen LogP contribution is 2.28. The van der Waals surface area contributed by atoms with Gasteiger partial charge >= 0.3 is 0 Å². The van der Waals surface area contributed by atoms with Crippen molar-refractivity contribution in [2.24, 2.45) is 0 Å². The van der Waals surface area contributed by atoms with Gasteiger partial charge in [0.25, 0.3) is 5.91 Å². The summed E-state index contributed by atoms with van der Waals surface area (Å²) in [6.45, 7) is 1.74. The second-order valence-corrected chi connectivity index (χ2v) is 7.82. The predicted octanol–water partition coefficient (Wildman–Crippen LogP) is 4.52. The summed E-state index contributed by atoms with van der Waals surface area (Å²) in [5.41, 5.74) is 6.93. The molecule has 0 radical (unpaired) electrons. The van der Waals surface area contributed by atoms with E-state index < -0.39 is 11.8 Å². The van der Waals surface area contributed by atoms with E-state index in [1.165, 1.54) is 23.5 Å². The summed E-state index contributed by atoms with van der Waals surface area (Å²) in [6, 6.07) is 18.8. The zero-order chi connectivity index (χ0) is 21.8. The lowest BCUT2D eigenvalue weighted by molar-refractivity contribution is -0.121. The van der Waals surface area contributed by atoms with Crippen molar-refractivity contribution in [3.8, 4) is 21.9 Å². The summed E-state index contributed by atoms with van der Waals surface area (Å²) < 4.78 is 18.7. The van der Waals surface area contributed by atoms with Crippen LogP contribution >= 0.6 is 11.3 Å². The van der Waals surface area contributed by atoms with E-state index in [0.29, 0.717) is 22.2 Å². The largest absolute Gasteiger partial charge is 0.441 e. The number of aromatic nitrogens is 1. The van der Waals surface area contributed by atoms with Crippen LogP contribution in [0.3, 0.4) is 0 Å². The molecule has 156 valence electrons. The molecule has 0 saturated heterocycles. The van der Waals surface area contributed by atoms with Gasteiger partial charge < -0.3 is 4.42 Å². The fraction of sp³-hybridized carbons (Fsp3) is 0.0870. The molecule has 0 aliphatic heterocycles. The van der Waals surface area contributed by atoms with Crippen molar-refractivity contribution in [3.63, 3.8) is 0 Å². The Bertz CT molecular complexity index is 1220. The number of amides is 2. The van der Waals surface area contributed by atoms with E-state index in [-0.39, 0.29) is 12.2 Å². The summed E-state index contributed by atoms with van der Waals surface area (Å²) >= 11 is 1.25. The highest BCUT2D eigenvalue weighted by molar-refractivity contribution is 7.17. The third-order valence-electron chi connectivity index (χ3n) is 4.52. The Hall–Kier alpha value is -3.78. The first-order valence-corrected chi connectivity index (χ1v) is 10.3. The maximum absolute atomic E-state index is 13.1. The number of aryl methyl sites for hydroxylation is 1. The number of oxazole rings is 1. The van der Waals surface area contributed by atoms with Crippen molar-refractivity contribution in [2.75, 3.05) is 0 Å². The molecule has 2 aromatic carbocycles. The van der Waals surface area contributed by atoms with Gasteiger partial charge in [-0.1, -0.05) is 30.3 Å². The molecule has 2 amide bonds. The molecule has 2 N–H and O–H groups in total. The molecule has 0 unspecified atom stereocenters. The molecule has 8 heteroatoms. The number of benzene rings is 2. The summed E-state index contributed by atoms with van der Waals surface area (Å²) in [5.74, 6) is -0.188. The molecule has 4 rings (SSSR count). The molecule has 2 heterocycles. The minimum absolute atomic E-state index is 0.0340. The van der Waals surface area contributed by atoms with E-state index in [4.69, 9.17) is 4.42 Å². The second-order valence-electron chi connectivity index (χ2n) is 6.74. The molecule has 0 spiro atoms.